The molecule has 5 heteroatoms. The standard InChI is InChI=1S/C12H8BrClO3/c1-16-10-6-7(2-3-9(10)14)11(15)8-4-5-17-12(8)13/h2-6H,1H3. The van der Waals surface area contributed by atoms with Gasteiger partial charge in [0.15, 0.2) is 10.5 Å². The third-order valence-electron chi connectivity index (χ3n) is 2.28. The minimum absolute atomic E-state index is 0.152. The number of halogens is 2. The molecule has 1 heterocycles. The molecule has 0 amide bonds. The summed E-state index contributed by atoms with van der Waals surface area (Å²) in [7, 11) is 1.50. The van der Waals surface area contributed by atoms with Gasteiger partial charge in [-0.25, -0.2) is 0 Å². The molecule has 0 aliphatic heterocycles. The molecule has 0 bridgehead atoms. The van der Waals surface area contributed by atoms with E-state index in [2.05, 4.69) is 15.9 Å². The summed E-state index contributed by atoms with van der Waals surface area (Å²) < 4.78 is 10.5. The van der Waals surface area contributed by atoms with Gasteiger partial charge in [0.2, 0.25) is 0 Å². The van der Waals surface area contributed by atoms with Crippen molar-refractivity contribution >= 4 is 33.3 Å². The molecule has 0 N–H and O–H groups in total. The average Bonchev–Trinajstić information content (AvgIpc) is 2.75. The van der Waals surface area contributed by atoms with Crippen LogP contribution in [-0.4, -0.2) is 12.9 Å². The Morgan fingerprint density at radius 1 is 1.41 bits per heavy atom. The Balaban J connectivity index is 2.41. The molecule has 0 radical (unpaired) electrons. The number of furan rings is 1. The maximum absolute atomic E-state index is 12.1. The Morgan fingerprint density at radius 3 is 2.76 bits per heavy atom. The SMILES string of the molecule is COc1cc(C(=O)c2ccoc2Br)ccc1Cl. The molecule has 17 heavy (non-hydrogen) atoms. The van der Waals surface area contributed by atoms with Gasteiger partial charge in [0.05, 0.1) is 24.0 Å². The largest absolute Gasteiger partial charge is 0.495 e. The van der Waals surface area contributed by atoms with Crippen molar-refractivity contribution in [2.45, 2.75) is 0 Å². The van der Waals surface area contributed by atoms with Crippen molar-refractivity contribution in [3.05, 3.63) is 51.3 Å². The van der Waals surface area contributed by atoms with Crippen LogP contribution in [0.25, 0.3) is 0 Å². The van der Waals surface area contributed by atoms with Crippen molar-refractivity contribution < 1.29 is 13.9 Å². The van der Waals surface area contributed by atoms with Gasteiger partial charge in [0, 0.05) is 5.56 Å². The van der Waals surface area contributed by atoms with E-state index in [0.717, 1.165) is 0 Å². The van der Waals surface area contributed by atoms with E-state index < -0.39 is 0 Å². The zero-order chi connectivity index (χ0) is 12.4. The van der Waals surface area contributed by atoms with E-state index >= 15 is 0 Å². The summed E-state index contributed by atoms with van der Waals surface area (Å²) in [5, 5.41) is 0.468. The fraction of sp³-hybridized carbons (Fsp3) is 0.0833. The first-order valence-corrected chi connectivity index (χ1v) is 5.92. The first-order chi connectivity index (χ1) is 8.13. The van der Waals surface area contributed by atoms with Crippen LogP contribution in [0.3, 0.4) is 0 Å². The van der Waals surface area contributed by atoms with E-state index in [1.54, 1.807) is 24.3 Å². The highest BCUT2D eigenvalue weighted by Gasteiger charge is 2.16. The maximum atomic E-state index is 12.1. The summed E-state index contributed by atoms with van der Waals surface area (Å²) in [6.45, 7) is 0. The van der Waals surface area contributed by atoms with E-state index in [0.29, 0.717) is 26.6 Å². The molecule has 0 spiro atoms. The normalized spacial score (nSPS) is 10.3. The van der Waals surface area contributed by atoms with Crippen LogP contribution in [0.2, 0.25) is 5.02 Å². The van der Waals surface area contributed by atoms with E-state index in [9.17, 15) is 4.79 Å². The number of carbonyl (C=O) groups excluding carboxylic acids is 1. The van der Waals surface area contributed by atoms with E-state index in [4.69, 9.17) is 20.8 Å². The van der Waals surface area contributed by atoms with Gasteiger partial charge in [-0.1, -0.05) is 11.6 Å². The number of methoxy groups -OCH3 is 1. The molecule has 2 aromatic rings. The molecule has 88 valence electrons. The lowest BCUT2D eigenvalue weighted by atomic mass is 10.1. The molecule has 0 fully saturated rings. The summed E-state index contributed by atoms with van der Waals surface area (Å²) >= 11 is 9.06. The van der Waals surface area contributed by atoms with E-state index in [1.165, 1.54) is 13.4 Å². The molecule has 0 unspecified atom stereocenters. The number of hydrogen-bond donors (Lipinski definition) is 0. The average molecular weight is 316 g/mol. The second-order valence-electron chi connectivity index (χ2n) is 3.29. The third-order valence-corrected chi connectivity index (χ3v) is 3.20. The van der Waals surface area contributed by atoms with Crippen molar-refractivity contribution in [3.8, 4) is 5.75 Å². The third kappa shape index (κ3) is 2.37. The Labute approximate surface area is 111 Å². The number of rotatable bonds is 3. The summed E-state index contributed by atoms with van der Waals surface area (Å²) in [6, 6.07) is 6.48. The van der Waals surface area contributed by atoms with Crippen molar-refractivity contribution in [1.82, 2.24) is 0 Å². The topological polar surface area (TPSA) is 39.4 Å². The molecule has 0 saturated heterocycles. The van der Waals surface area contributed by atoms with Crippen LogP contribution in [0.5, 0.6) is 5.75 Å². The Kier molecular flexibility index (Phi) is 3.54. The quantitative estimate of drug-likeness (QED) is 0.806. The molecule has 0 aliphatic carbocycles. The number of hydrogen-bond acceptors (Lipinski definition) is 3. The van der Waals surface area contributed by atoms with Crippen LogP contribution in [-0.2, 0) is 0 Å². The number of ether oxygens (including phenoxy) is 1. The molecule has 1 aromatic heterocycles. The predicted molar refractivity (Wildman–Crippen MR) is 67.8 cm³/mol. The highest BCUT2D eigenvalue weighted by Crippen LogP contribution is 2.27. The lowest BCUT2D eigenvalue weighted by molar-refractivity contribution is 0.103. The lowest BCUT2D eigenvalue weighted by Gasteiger charge is -2.05. The summed E-state index contributed by atoms with van der Waals surface area (Å²) in [6.07, 6.45) is 1.45. The van der Waals surface area contributed by atoms with Crippen LogP contribution in [0.15, 0.2) is 39.6 Å². The lowest BCUT2D eigenvalue weighted by Crippen LogP contribution is -2.01. The van der Waals surface area contributed by atoms with Crippen LogP contribution in [0.4, 0.5) is 0 Å². The zero-order valence-corrected chi connectivity index (χ0v) is 11.2. The fourth-order valence-electron chi connectivity index (χ4n) is 1.41. The fourth-order valence-corrected chi connectivity index (χ4v) is 2.03. The number of carbonyl (C=O) groups is 1. The molecule has 0 saturated carbocycles. The second-order valence-corrected chi connectivity index (χ2v) is 4.41. The van der Waals surface area contributed by atoms with E-state index in [1.807, 2.05) is 0 Å². The van der Waals surface area contributed by atoms with Crippen LogP contribution >= 0.6 is 27.5 Å². The van der Waals surface area contributed by atoms with Crippen LogP contribution in [0, 0.1) is 0 Å². The molecule has 2 rings (SSSR count). The van der Waals surface area contributed by atoms with Crippen LogP contribution in [0.1, 0.15) is 15.9 Å². The Hall–Kier alpha value is -1.26. The first kappa shape index (κ1) is 12.2. The van der Waals surface area contributed by atoms with Crippen molar-refractivity contribution in [2.24, 2.45) is 0 Å². The monoisotopic (exact) mass is 314 g/mol. The van der Waals surface area contributed by atoms with Gasteiger partial charge >= 0.3 is 0 Å². The molecule has 0 aliphatic rings. The zero-order valence-electron chi connectivity index (χ0n) is 8.87. The van der Waals surface area contributed by atoms with Gasteiger partial charge in [-0.05, 0) is 40.2 Å². The Bertz CT molecular complexity index is 563. The minimum atomic E-state index is -0.152. The van der Waals surface area contributed by atoms with Gasteiger partial charge in [-0.3, -0.25) is 4.79 Å². The number of ketones is 1. The predicted octanol–water partition coefficient (Wildman–Crippen LogP) is 3.94. The summed E-state index contributed by atoms with van der Waals surface area (Å²) in [5.41, 5.74) is 0.961. The van der Waals surface area contributed by atoms with Crippen LogP contribution < -0.4 is 4.74 Å². The van der Waals surface area contributed by atoms with Gasteiger partial charge in [0.25, 0.3) is 0 Å². The van der Waals surface area contributed by atoms with Crippen molar-refractivity contribution in [1.29, 1.82) is 0 Å². The van der Waals surface area contributed by atoms with Gasteiger partial charge in [-0.2, -0.15) is 0 Å². The van der Waals surface area contributed by atoms with E-state index in [-0.39, 0.29) is 5.78 Å². The smallest absolute Gasteiger partial charge is 0.197 e. The van der Waals surface area contributed by atoms with Crippen molar-refractivity contribution in [3.63, 3.8) is 0 Å². The van der Waals surface area contributed by atoms with Gasteiger partial charge in [0.1, 0.15) is 5.75 Å². The molecular formula is C12H8BrClO3. The highest BCUT2D eigenvalue weighted by molar-refractivity contribution is 9.10. The highest BCUT2D eigenvalue weighted by atomic mass is 79.9. The molecule has 3 nitrogen and oxygen atoms in total. The molecular weight excluding hydrogens is 307 g/mol. The Morgan fingerprint density at radius 2 is 2.18 bits per heavy atom. The molecule has 1 aromatic carbocycles. The second kappa shape index (κ2) is 4.94. The minimum Gasteiger partial charge on any atom is -0.495 e. The maximum Gasteiger partial charge on any atom is 0.197 e. The molecule has 0 atom stereocenters. The first-order valence-electron chi connectivity index (χ1n) is 4.74. The van der Waals surface area contributed by atoms with Gasteiger partial charge in [-0.15, -0.1) is 0 Å². The van der Waals surface area contributed by atoms with Crippen molar-refractivity contribution in [2.75, 3.05) is 7.11 Å². The summed E-state index contributed by atoms with van der Waals surface area (Å²) in [5.74, 6) is 0.317. The number of benzene rings is 1. The van der Waals surface area contributed by atoms with Gasteiger partial charge < -0.3 is 9.15 Å². The summed E-state index contributed by atoms with van der Waals surface area (Å²) in [4.78, 5) is 12.1.